The normalized spacial score (nSPS) is 12.2. The van der Waals surface area contributed by atoms with E-state index < -0.39 is 33.2 Å². The number of hydrogen-bond acceptors (Lipinski definition) is 4. The monoisotopic (exact) mass is 324 g/mol. The van der Waals surface area contributed by atoms with Crippen molar-refractivity contribution in [3.63, 3.8) is 0 Å². The van der Waals surface area contributed by atoms with Gasteiger partial charge in [0.05, 0.1) is 11.3 Å². The molecule has 0 aliphatic heterocycles. The van der Waals surface area contributed by atoms with Crippen LogP contribution in [0.25, 0.3) is 0 Å². The number of carbonyl (C=O) groups excluding carboxylic acids is 1. The Bertz CT molecular complexity index is 627. The molecule has 0 saturated carbocycles. The zero-order valence-corrected chi connectivity index (χ0v) is 12.0. The van der Waals surface area contributed by atoms with E-state index in [9.17, 15) is 26.4 Å². The van der Waals surface area contributed by atoms with Gasteiger partial charge >= 0.3 is 6.18 Å². The highest BCUT2D eigenvalue weighted by Gasteiger charge is 2.33. The molecule has 0 fully saturated rings. The summed E-state index contributed by atoms with van der Waals surface area (Å²) in [5.74, 6) is -1.12. The number of halogens is 3. The molecule has 5 nitrogen and oxygen atoms in total. The van der Waals surface area contributed by atoms with Gasteiger partial charge in [-0.05, 0) is 18.2 Å². The van der Waals surface area contributed by atoms with Crippen LogP contribution in [0.1, 0.15) is 18.9 Å². The Morgan fingerprint density at radius 1 is 1.33 bits per heavy atom. The van der Waals surface area contributed by atoms with Crippen molar-refractivity contribution >= 4 is 27.1 Å². The molecule has 0 heterocycles. The smallest absolute Gasteiger partial charge is 0.398 e. The summed E-state index contributed by atoms with van der Waals surface area (Å²) in [5.41, 5.74) is 3.64. The van der Waals surface area contributed by atoms with E-state index in [2.05, 4.69) is 5.32 Å². The second-order valence-corrected chi connectivity index (χ2v) is 6.81. The van der Waals surface area contributed by atoms with Crippen molar-refractivity contribution in [2.45, 2.75) is 19.5 Å². The molecule has 0 aliphatic carbocycles. The number of hydrogen-bond donors (Lipinski definition) is 2. The molecule has 0 saturated heterocycles. The molecule has 0 bridgehead atoms. The van der Waals surface area contributed by atoms with Crippen LogP contribution in [-0.4, -0.2) is 25.8 Å². The van der Waals surface area contributed by atoms with Crippen molar-refractivity contribution in [2.75, 3.05) is 22.6 Å². The molecule has 1 amide bonds. The first-order valence-corrected chi connectivity index (χ1v) is 7.84. The van der Waals surface area contributed by atoms with Gasteiger partial charge in [0.25, 0.3) is 0 Å². The Morgan fingerprint density at radius 2 is 1.95 bits per heavy atom. The van der Waals surface area contributed by atoms with Crippen LogP contribution in [0.2, 0.25) is 0 Å². The third kappa shape index (κ3) is 5.25. The van der Waals surface area contributed by atoms with Gasteiger partial charge in [0.1, 0.15) is 0 Å². The van der Waals surface area contributed by atoms with E-state index in [0.29, 0.717) is 6.07 Å². The number of amides is 1. The zero-order chi connectivity index (χ0) is 16.3. The molecule has 1 rings (SSSR count). The lowest BCUT2D eigenvalue weighted by Crippen LogP contribution is -2.18. The Kier molecular flexibility index (Phi) is 5.21. The first-order chi connectivity index (χ1) is 9.55. The molecule has 0 radical (unpaired) electrons. The number of nitrogen functional groups attached to an aromatic ring is 1. The minimum absolute atomic E-state index is 0.0876. The molecule has 9 heteroatoms. The number of anilines is 2. The predicted octanol–water partition coefficient (Wildman–Crippen LogP) is 2.05. The topological polar surface area (TPSA) is 89.3 Å². The molecule has 0 spiro atoms. The van der Waals surface area contributed by atoms with Crippen LogP contribution in [0.3, 0.4) is 0 Å². The second-order valence-electron chi connectivity index (χ2n) is 4.33. The number of nitrogens with two attached hydrogens (primary N) is 1. The third-order valence-electron chi connectivity index (χ3n) is 2.72. The maximum absolute atomic E-state index is 12.6. The Balaban J connectivity index is 2.78. The number of carbonyl (C=O) groups is 1. The van der Waals surface area contributed by atoms with Crippen LogP contribution in [0.4, 0.5) is 24.5 Å². The molecule has 21 heavy (non-hydrogen) atoms. The van der Waals surface area contributed by atoms with Crippen LogP contribution in [-0.2, 0) is 20.8 Å². The Morgan fingerprint density at radius 3 is 2.48 bits per heavy atom. The van der Waals surface area contributed by atoms with Crippen LogP contribution in [0.15, 0.2) is 18.2 Å². The highest BCUT2D eigenvalue weighted by molar-refractivity contribution is 7.91. The van der Waals surface area contributed by atoms with Crippen LogP contribution < -0.4 is 11.1 Å². The van der Waals surface area contributed by atoms with Crippen molar-refractivity contribution in [1.82, 2.24) is 0 Å². The van der Waals surface area contributed by atoms with Crippen LogP contribution >= 0.6 is 0 Å². The lowest BCUT2D eigenvalue weighted by Gasteiger charge is -2.12. The predicted molar refractivity (Wildman–Crippen MR) is 73.4 cm³/mol. The summed E-state index contributed by atoms with van der Waals surface area (Å²) in [6.07, 6.45) is -4.95. The number of nitrogens with one attached hydrogen (secondary N) is 1. The Hall–Kier alpha value is -1.77. The third-order valence-corrected chi connectivity index (χ3v) is 4.43. The molecular formula is C12H15F3N2O3S. The van der Waals surface area contributed by atoms with Gasteiger partial charge in [-0.1, -0.05) is 6.92 Å². The van der Waals surface area contributed by atoms with E-state index in [0.717, 1.165) is 6.07 Å². The van der Waals surface area contributed by atoms with Crippen molar-refractivity contribution in [2.24, 2.45) is 0 Å². The molecule has 118 valence electrons. The summed E-state index contributed by atoms with van der Waals surface area (Å²) in [7, 11) is -3.31. The molecule has 0 unspecified atom stereocenters. The summed E-state index contributed by atoms with van der Waals surface area (Å²) >= 11 is 0. The first kappa shape index (κ1) is 17.3. The summed E-state index contributed by atoms with van der Waals surface area (Å²) in [5, 5.41) is 2.22. The van der Waals surface area contributed by atoms with Crippen molar-refractivity contribution in [1.29, 1.82) is 0 Å². The minimum Gasteiger partial charge on any atom is -0.398 e. The standard InChI is InChI=1S/C12H15F3N2O3S/c1-2-21(19,20)6-5-11(18)17-8-3-4-10(16)9(7-8)12(13,14)15/h3-4,7H,2,5-6,16H2,1H3,(H,17,18). The van der Waals surface area contributed by atoms with Gasteiger partial charge in [-0.2, -0.15) is 13.2 Å². The number of alkyl halides is 3. The van der Waals surface area contributed by atoms with E-state index in [1.165, 1.54) is 13.0 Å². The molecule has 1 aromatic rings. The molecule has 0 aliphatic rings. The van der Waals surface area contributed by atoms with Crippen LogP contribution in [0.5, 0.6) is 0 Å². The summed E-state index contributed by atoms with van der Waals surface area (Å²) < 4.78 is 60.4. The molecule has 1 aromatic carbocycles. The number of rotatable bonds is 5. The second kappa shape index (κ2) is 6.33. The van der Waals surface area contributed by atoms with E-state index in [-0.39, 0.29) is 23.6 Å². The summed E-state index contributed by atoms with van der Waals surface area (Å²) in [4.78, 5) is 11.5. The summed E-state index contributed by atoms with van der Waals surface area (Å²) in [6, 6.07) is 2.96. The van der Waals surface area contributed by atoms with Crippen molar-refractivity contribution in [3.8, 4) is 0 Å². The average molecular weight is 324 g/mol. The fourth-order valence-electron chi connectivity index (χ4n) is 1.50. The van der Waals surface area contributed by atoms with Gasteiger partial charge in [-0.3, -0.25) is 4.79 Å². The molecular weight excluding hydrogens is 309 g/mol. The van der Waals surface area contributed by atoms with Crippen molar-refractivity contribution < 1.29 is 26.4 Å². The highest BCUT2D eigenvalue weighted by atomic mass is 32.2. The fraction of sp³-hybridized carbons (Fsp3) is 0.417. The van der Waals surface area contributed by atoms with Gasteiger partial charge < -0.3 is 11.1 Å². The summed E-state index contributed by atoms with van der Waals surface area (Å²) in [6.45, 7) is 1.45. The first-order valence-electron chi connectivity index (χ1n) is 6.02. The van der Waals surface area contributed by atoms with E-state index >= 15 is 0 Å². The SMILES string of the molecule is CCS(=O)(=O)CCC(=O)Nc1ccc(N)c(C(F)(F)F)c1. The van der Waals surface area contributed by atoms with Gasteiger partial charge in [0, 0.05) is 23.5 Å². The largest absolute Gasteiger partial charge is 0.418 e. The van der Waals surface area contributed by atoms with Crippen molar-refractivity contribution in [3.05, 3.63) is 23.8 Å². The van der Waals surface area contributed by atoms with Gasteiger partial charge in [-0.15, -0.1) is 0 Å². The fourth-order valence-corrected chi connectivity index (χ4v) is 2.28. The molecule has 0 atom stereocenters. The average Bonchev–Trinajstić information content (AvgIpc) is 2.37. The van der Waals surface area contributed by atoms with E-state index in [1.807, 2.05) is 0 Å². The van der Waals surface area contributed by atoms with E-state index in [1.54, 1.807) is 0 Å². The quantitative estimate of drug-likeness (QED) is 0.811. The van der Waals surface area contributed by atoms with Crippen LogP contribution in [0, 0.1) is 0 Å². The number of sulfone groups is 1. The molecule has 3 N–H and O–H groups in total. The van der Waals surface area contributed by atoms with Gasteiger partial charge in [0.2, 0.25) is 5.91 Å². The lowest BCUT2D eigenvalue weighted by molar-refractivity contribution is -0.136. The Labute approximate surface area is 120 Å². The van der Waals surface area contributed by atoms with Gasteiger partial charge in [0.15, 0.2) is 9.84 Å². The minimum atomic E-state index is -4.63. The maximum Gasteiger partial charge on any atom is 0.418 e. The maximum atomic E-state index is 12.6. The number of benzene rings is 1. The zero-order valence-electron chi connectivity index (χ0n) is 11.2. The van der Waals surface area contributed by atoms with Gasteiger partial charge in [-0.25, -0.2) is 8.42 Å². The molecule has 0 aromatic heterocycles. The highest BCUT2D eigenvalue weighted by Crippen LogP contribution is 2.35. The lowest BCUT2D eigenvalue weighted by atomic mass is 10.1. The van der Waals surface area contributed by atoms with E-state index in [4.69, 9.17) is 5.73 Å².